The minimum Gasteiger partial charge on any atom is -0.505 e. The Hall–Kier alpha value is -3.52. The zero-order valence-corrected chi connectivity index (χ0v) is 19.9. The van der Waals surface area contributed by atoms with E-state index in [2.05, 4.69) is 9.88 Å². The normalized spacial score (nSPS) is 17.9. The summed E-state index contributed by atoms with van der Waals surface area (Å²) in [4.78, 5) is 34.5. The molecule has 7 nitrogen and oxygen atoms in total. The van der Waals surface area contributed by atoms with Gasteiger partial charge in [-0.3, -0.25) is 9.59 Å². The number of hydrogen-bond acceptors (Lipinski definition) is 5. The minimum absolute atomic E-state index is 0.0275. The SMILES string of the molecule is CCN(CC)CCN1C(=O)C(=O)C(=C(O)c2nc3c(C)cccn3c2C)C1c1ccc(F)cc1. The van der Waals surface area contributed by atoms with E-state index in [0.717, 1.165) is 18.7 Å². The van der Waals surface area contributed by atoms with E-state index in [0.29, 0.717) is 30.0 Å². The van der Waals surface area contributed by atoms with Gasteiger partial charge in [0, 0.05) is 19.3 Å². The summed E-state index contributed by atoms with van der Waals surface area (Å²) in [5, 5.41) is 11.4. The molecule has 1 atom stereocenters. The van der Waals surface area contributed by atoms with Crippen LogP contribution in [0.3, 0.4) is 0 Å². The number of Topliss-reactive ketones (excluding diaryl/α,β-unsaturated/α-hetero) is 1. The number of aliphatic hydroxyl groups is 1. The standard InChI is InChI=1S/C26H29FN4O3/c1-5-29(6-2)14-15-31-22(18-9-11-19(27)12-10-18)20(24(33)26(31)34)23(32)21-17(4)30-13-7-8-16(3)25(30)28-21/h7-13,22,32H,5-6,14-15H2,1-4H3. The van der Waals surface area contributed by atoms with Crippen LogP contribution in [-0.2, 0) is 9.59 Å². The van der Waals surface area contributed by atoms with Crippen molar-refractivity contribution in [3.8, 4) is 0 Å². The van der Waals surface area contributed by atoms with Gasteiger partial charge in [-0.25, -0.2) is 9.37 Å². The highest BCUT2D eigenvalue weighted by molar-refractivity contribution is 6.46. The lowest BCUT2D eigenvalue weighted by molar-refractivity contribution is -0.140. The number of aryl methyl sites for hydroxylation is 2. The molecule has 0 bridgehead atoms. The van der Waals surface area contributed by atoms with Crippen molar-refractivity contribution in [3.05, 3.63) is 76.5 Å². The number of fused-ring (bicyclic) bond motifs is 1. The first-order chi connectivity index (χ1) is 16.3. The summed E-state index contributed by atoms with van der Waals surface area (Å²) in [6.07, 6.45) is 1.83. The van der Waals surface area contributed by atoms with Crippen LogP contribution in [0.4, 0.5) is 4.39 Å². The van der Waals surface area contributed by atoms with Crippen LogP contribution in [0.25, 0.3) is 11.4 Å². The lowest BCUT2D eigenvalue weighted by Crippen LogP contribution is -2.38. The average Bonchev–Trinajstić information content (AvgIpc) is 3.30. The predicted molar refractivity (Wildman–Crippen MR) is 128 cm³/mol. The molecule has 0 radical (unpaired) electrons. The molecule has 1 aliphatic heterocycles. The molecule has 8 heteroatoms. The van der Waals surface area contributed by atoms with Crippen LogP contribution >= 0.6 is 0 Å². The highest BCUT2D eigenvalue weighted by Gasteiger charge is 2.46. The Bertz CT molecular complexity index is 1280. The number of pyridine rings is 1. The van der Waals surface area contributed by atoms with Crippen molar-refractivity contribution in [3.63, 3.8) is 0 Å². The number of likely N-dealkylation sites (tertiary alicyclic amines) is 1. The summed E-state index contributed by atoms with van der Waals surface area (Å²) in [7, 11) is 0. The number of rotatable bonds is 7. The van der Waals surface area contributed by atoms with E-state index >= 15 is 0 Å². The largest absolute Gasteiger partial charge is 0.505 e. The van der Waals surface area contributed by atoms with Crippen molar-refractivity contribution in [1.29, 1.82) is 0 Å². The zero-order valence-electron chi connectivity index (χ0n) is 19.9. The lowest BCUT2D eigenvalue weighted by Gasteiger charge is -2.28. The molecular weight excluding hydrogens is 435 g/mol. The Morgan fingerprint density at radius 3 is 2.41 bits per heavy atom. The molecule has 1 fully saturated rings. The summed E-state index contributed by atoms with van der Waals surface area (Å²) in [6, 6.07) is 8.64. The molecule has 1 saturated heterocycles. The maximum absolute atomic E-state index is 13.7. The summed E-state index contributed by atoms with van der Waals surface area (Å²) in [5.41, 5.74) is 3.02. The highest BCUT2D eigenvalue weighted by atomic mass is 19.1. The van der Waals surface area contributed by atoms with Crippen LogP contribution in [0, 0.1) is 19.7 Å². The first kappa shape index (κ1) is 23.6. The molecule has 1 unspecified atom stereocenters. The third kappa shape index (κ3) is 3.98. The molecule has 178 valence electrons. The van der Waals surface area contributed by atoms with E-state index in [-0.39, 0.29) is 17.0 Å². The van der Waals surface area contributed by atoms with E-state index in [1.54, 1.807) is 19.1 Å². The van der Waals surface area contributed by atoms with Crippen LogP contribution in [0.2, 0.25) is 0 Å². The van der Waals surface area contributed by atoms with Crippen molar-refractivity contribution >= 4 is 23.1 Å². The average molecular weight is 465 g/mol. The van der Waals surface area contributed by atoms with Crippen molar-refractivity contribution in [2.45, 2.75) is 33.7 Å². The van der Waals surface area contributed by atoms with Gasteiger partial charge >= 0.3 is 0 Å². The topological polar surface area (TPSA) is 78.2 Å². The van der Waals surface area contributed by atoms with Crippen LogP contribution in [0.15, 0.2) is 48.2 Å². The number of aromatic nitrogens is 2. The van der Waals surface area contributed by atoms with Crippen LogP contribution < -0.4 is 0 Å². The Labute approximate surface area is 198 Å². The number of nitrogens with zero attached hydrogens (tertiary/aromatic N) is 4. The van der Waals surface area contributed by atoms with Gasteiger partial charge in [0.2, 0.25) is 0 Å². The van der Waals surface area contributed by atoms with Gasteiger partial charge in [0.1, 0.15) is 17.2 Å². The molecule has 34 heavy (non-hydrogen) atoms. The molecule has 1 N–H and O–H groups in total. The van der Waals surface area contributed by atoms with Gasteiger partial charge in [-0.05, 0) is 56.3 Å². The van der Waals surface area contributed by atoms with Crippen LogP contribution in [0.5, 0.6) is 0 Å². The molecule has 3 aromatic rings. The number of ketones is 1. The maximum atomic E-state index is 13.7. The summed E-state index contributed by atoms with van der Waals surface area (Å²) >= 11 is 0. The van der Waals surface area contributed by atoms with Crippen LogP contribution in [0.1, 0.15) is 42.4 Å². The van der Waals surface area contributed by atoms with Gasteiger partial charge in [-0.1, -0.05) is 32.0 Å². The molecule has 1 aromatic carbocycles. The number of likely N-dealkylation sites (N-methyl/N-ethyl adjacent to an activating group) is 1. The number of amides is 1. The number of carbonyl (C=O) groups excluding carboxylic acids is 2. The summed E-state index contributed by atoms with van der Waals surface area (Å²) in [6.45, 7) is 10.3. The molecule has 1 aliphatic rings. The van der Waals surface area contributed by atoms with Gasteiger partial charge < -0.3 is 19.3 Å². The Kier molecular flexibility index (Phi) is 6.52. The van der Waals surface area contributed by atoms with E-state index in [4.69, 9.17) is 0 Å². The van der Waals surface area contributed by atoms with Gasteiger partial charge in [0.05, 0.1) is 17.3 Å². The second kappa shape index (κ2) is 9.38. The number of halogens is 1. The van der Waals surface area contributed by atoms with E-state index in [9.17, 15) is 19.1 Å². The third-order valence-corrected chi connectivity index (χ3v) is 6.59. The maximum Gasteiger partial charge on any atom is 0.295 e. The van der Waals surface area contributed by atoms with E-state index in [1.807, 2.05) is 43.5 Å². The second-order valence-corrected chi connectivity index (χ2v) is 8.50. The number of aliphatic hydroxyl groups excluding tert-OH is 1. The van der Waals surface area contributed by atoms with Gasteiger partial charge in [0.25, 0.3) is 11.7 Å². The van der Waals surface area contributed by atoms with Crippen LogP contribution in [-0.4, -0.2) is 62.2 Å². The number of imidazole rings is 1. The fraction of sp³-hybridized carbons (Fsp3) is 0.346. The predicted octanol–water partition coefficient (Wildman–Crippen LogP) is 3.85. The highest BCUT2D eigenvalue weighted by Crippen LogP contribution is 2.39. The minimum atomic E-state index is -0.832. The summed E-state index contributed by atoms with van der Waals surface area (Å²) in [5.74, 6) is -2.19. The summed E-state index contributed by atoms with van der Waals surface area (Å²) < 4.78 is 15.5. The molecule has 2 aromatic heterocycles. The van der Waals surface area contributed by atoms with Crippen molar-refractivity contribution < 1.29 is 19.1 Å². The molecule has 0 saturated carbocycles. The number of carbonyl (C=O) groups is 2. The second-order valence-electron chi connectivity index (χ2n) is 8.50. The first-order valence-corrected chi connectivity index (χ1v) is 11.5. The fourth-order valence-corrected chi connectivity index (χ4v) is 4.57. The molecule has 1 amide bonds. The van der Waals surface area contributed by atoms with Crippen molar-refractivity contribution in [2.24, 2.45) is 0 Å². The smallest absolute Gasteiger partial charge is 0.295 e. The zero-order chi connectivity index (χ0) is 24.6. The van der Waals surface area contributed by atoms with Gasteiger partial charge in [-0.15, -0.1) is 0 Å². The van der Waals surface area contributed by atoms with Crippen molar-refractivity contribution in [1.82, 2.24) is 19.2 Å². The first-order valence-electron chi connectivity index (χ1n) is 11.5. The Morgan fingerprint density at radius 1 is 1.12 bits per heavy atom. The van der Waals surface area contributed by atoms with Crippen molar-refractivity contribution in [2.75, 3.05) is 26.2 Å². The molecule has 0 spiro atoms. The Balaban J connectivity index is 1.87. The van der Waals surface area contributed by atoms with E-state index in [1.165, 1.54) is 17.0 Å². The molecule has 0 aliphatic carbocycles. The van der Waals surface area contributed by atoms with Gasteiger partial charge in [-0.2, -0.15) is 0 Å². The molecule has 4 rings (SSSR count). The molecular formula is C26H29FN4O3. The Morgan fingerprint density at radius 2 is 1.79 bits per heavy atom. The fourth-order valence-electron chi connectivity index (χ4n) is 4.57. The molecule has 3 heterocycles. The van der Waals surface area contributed by atoms with E-state index < -0.39 is 23.5 Å². The monoisotopic (exact) mass is 464 g/mol. The number of benzene rings is 1. The lowest BCUT2D eigenvalue weighted by atomic mass is 9.96. The number of hydrogen-bond donors (Lipinski definition) is 1. The third-order valence-electron chi connectivity index (χ3n) is 6.59. The quantitative estimate of drug-likeness (QED) is 0.326. The van der Waals surface area contributed by atoms with Gasteiger partial charge in [0.15, 0.2) is 5.76 Å².